The van der Waals surface area contributed by atoms with Crippen LogP contribution in [0.25, 0.3) is 0 Å². The number of aromatic nitrogens is 1. The Bertz CT molecular complexity index is 614. The largest absolute Gasteiger partial charge is 0.508 e. The van der Waals surface area contributed by atoms with Crippen molar-refractivity contribution in [2.24, 2.45) is 0 Å². The van der Waals surface area contributed by atoms with E-state index < -0.39 is 5.82 Å². The molecule has 0 aliphatic heterocycles. The molecule has 1 N–H and O–H groups in total. The maximum Gasteiger partial charge on any atom is 0.255 e. The fourth-order valence-electron chi connectivity index (χ4n) is 1.88. The zero-order chi connectivity index (χ0) is 14.7. The van der Waals surface area contributed by atoms with Gasteiger partial charge in [-0.05, 0) is 30.7 Å². The molecule has 1 amide bonds. The number of nitrogens with zero attached hydrogens (tertiary/aromatic N) is 2. The number of halogens is 1. The number of carbonyl (C=O) groups excluding carboxylic acids is 1. The van der Waals surface area contributed by atoms with Crippen LogP contribution in [0.5, 0.6) is 5.75 Å². The number of benzene rings is 1. The fraction of sp³-hybridized carbons (Fsp3) is 0.200. The molecule has 0 spiro atoms. The molecule has 0 fully saturated rings. The number of amides is 1. The van der Waals surface area contributed by atoms with Gasteiger partial charge in [0.05, 0.1) is 17.8 Å². The zero-order valence-electron chi connectivity index (χ0n) is 11.2. The zero-order valence-corrected chi connectivity index (χ0v) is 11.2. The van der Waals surface area contributed by atoms with E-state index in [1.807, 2.05) is 6.92 Å². The van der Waals surface area contributed by atoms with E-state index in [2.05, 4.69) is 4.98 Å². The van der Waals surface area contributed by atoms with Crippen molar-refractivity contribution >= 4 is 5.91 Å². The third-order valence-electron chi connectivity index (χ3n) is 3.23. The summed E-state index contributed by atoms with van der Waals surface area (Å²) in [6.07, 6.45) is 2.39. The van der Waals surface area contributed by atoms with E-state index >= 15 is 0 Å². The highest BCUT2D eigenvalue weighted by atomic mass is 19.1. The predicted octanol–water partition coefficient (Wildman–Crippen LogP) is 2.76. The summed E-state index contributed by atoms with van der Waals surface area (Å²) in [5.41, 5.74) is 1.08. The predicted molar refractivity (Wildman–Crippen MR) is 72.8 cm³/mol. The third-order valence-corrected chi connectivity index (χ3v) is 3.23. The average Bonchev–Trinajstić information content (AvgIpc) is 2.46. The van der Waals surface area contributed by atoms with E-state index in [4.69, 9.17) is 0 Å². The van der Waals surface area contributed by atoms with Gasteiger partial charge in [-0.2, -0.15) is 0 Å². The van der Waals surface area contributed by atoms with Crippen LogP contribution >= 0.6 is 0 Å². The van der Waals surface area contributed by atoms with E-state index in [1.54, 1.807) is 31.3 Å². The minimum Gasteiger partial charge on any atom is -0.508 e. The number of rotatable bonds is 3. The van der Waals surface area contributed by atoms with Crippen LogP contribution in [0.1, 0.15) is 28.9 Å². The smallest absolute Gasteiger partial charge is 0.255 e. The minimum atomic E-state index is -0.540. The molecule has 1 aromatic carbocycles. The quantitative estimate of drug-likeness (QED) is 0.936. The first-order chi connectivity index (χ1) is 9.49. The van der Waals surface area contributed by atoms with Crippen LogP contribution in [0.2, 0.25) is 0 Å². The van der Waals surface area contributed by atoms with Gasteiger partial charge in [-0.3, -0.25) is 9.78 Å². The van der Waals surface area contributed by atoms with E-state index in [0.29, 0.717) is 0 Å². The Balaban J connectivity index is 2.20. The first-order valence-corrected chi connectivity index (χ1v) is 6.15. The number of phenols is 1. The van der Waals surface area contributed by atoms with Gasteiger partial charge in [-0.25, -0.2) is 4.39 Å². The van der Waals surface area contributed by atoms with E-state index in [1.165, 1.54) is 11.1 Å². The monoisotopic (exact) mass is 274 g/mol. The topological polar surface area (TPSA) is 53.4 Å². The summed E-state index contributed by atoms with van der Waals surface area (Å²) in [4.78, 5) is 17.4. The van der Waals surface area contributed by atoms with Crippen molar-refractivity contribution in [3.8, 4) is 5.75 Å². The van der Waals surface area contributed by atoms with Gasteiger partial charge < -0.3 is 10.0 Å². The highest BCUT2D eigenvalue weighted by Gasteiger charge is 2.19. The lowest BCUT2D eigenvalue weighted by molar-refractivity contribution is 0.0741. The Morgan fingerprint density at radius 2 is 1.95 bits per heavy atom. The van der Waals surface area contributed by atoms with Gasteiger partial charge in [0.15, 0.2) is 0 Å². The normalized spacial score (nSPS) is 11.9. The maximum absolute atomic E-state index is 13.1. The summed E-state index contributed by atoms with van der Waals surface area (Å²) >= 11 is 0. The number of hydrogen-bond acceptors (Lipinski definition) is 3. The molecule has 20 heavy (non-hydrogen) atoms. The Labute approximate surface area is 116 Å². The molecule has 0 aliphatic carbocycles. The second-order valence-electron chi connectivity index (χ2n) is 4.58. The van der Waals surface area contributed by atoms with Crippen LogP contribution in [0.15, 0.2) is 42.7 Å². The van der Waals surface area contributed by atoms with Gasteiger partial charge in [0, 0.05) is 13.2 Å². The number of hydrogen-bond donors (Lipinski definition) is 1. The van der Waals surface area contributed by atoms with Gasteiger partial charge in [0.25, 0.3) is 5.91 Å². The Morgan fingerprint density at radius 1 is 1.30 bits per heavy atom. The van der Waals surface area contributed by atoms with E-state index in [9.17, 15) is 14.3 Å². The van der Waals surface area contributed by atoms with E-state index in [-0.39, 0.29) is 23.3 Å². The van der Waals surface area contributed by atoms with Gasteiger partial charge in [-0.1, -0.05) is 12.1 Å². The van der Waals surface area contributed by atoms with Crippen molar-refractivity contribution in [2.45, 2.75) is 13.0 Å². The Kier molecular flexibility index (Phi) is 3.98. The van der Waals surface area contributed by atoms with Gasteiger partial charge in [0.1, 0.15) is 11.6 Å². The number of phenolic OH excluding ortho intramolecular Hbond substituents is 1. The molecule has 4 nitrogen and oxygen atoms in total. The number of aromatic hydroxyl groups is 1. The number of carbonyl (C=O) groups is 1. The van der Waals surface area contributed by atoms with Gasteiger partial charge >= 0.3 is 0 Å². The van der Waals surface area contributed by atoms with Gasteiger partial charge in [-0.15, -0.1) is 0 Å². The summed E-state index contributed by atoms with van der Waals surface area (Å²) in [6.45, 7) is 1.86. The Hall–Kier alpha value is -2.43. The molecule has 2 aromatic rings. The van der Waals surface area contributed by atoms with Crippen molar-refractivity contribution in [1.29, 1.82) is 0 Å². The molecule has 0 saturated heterocycles. The molecule has 1 aromatic heterocycles. The Morgan fingerprint density at radius 3 is 2.55 bits per heavy atom. The molecule has 0 aliphatic rings. The second kappa shape index (κ2) is 5.69. The molecular formula is C15H15FN2O2. The molecular weight excluding hydrogens is 259 g/mol. The molecule has 1 atom stereocenters. The standard InChI is InChI=1S/C15H15FN2O2/c1-10(11-3-5-14(19)6-4-11)18(2)15(20)12-7-13(16)9-17-8-12/h3-10,19H,1-2H3. The molecule has 2 rings (SSSR count). The SMILES string of the molecule is CC(c1ccc(O)cc1)N(C)C(=O)c1cncc(F)c1. The molecule has 0 saturated carbocycles. The lowest BCUT2D eigenvalue weighted by atomic mass is 10.1. The van der Waals surface area contributed by atoms with Gasteiger partial charge in [0.2, 0.25) is 0 Å². The second-order valence-corrected chi connectivity index (χ2v) is 4.58. The molecule has 5 heteroatoms. The molecule has 1 unspecified atom stereocenters. The first kappa shape index (κ1) is 14.0. The number of pyridine rings is 1. The average molecular weight is 274 g/mol. The summed E-state index contributed by atoms with van der Waals surface area (Å²) in [5.74, 6) is -0.677. The van der Waals surface area contributed by atoms with Crippen molar-refractivity contribution in [2.75, 3.05) is 7.05 Å². The van der Waals surface area contributed by atoms with Crippen molar-refractivity contribution in [3.05, 3.63) is 59.7 Å². The maximum atomic E-state index is 13.1. The highest BCUT2D eigenvalue weighted by molar-refractivity contribution is 5.94. The van der Waals surface area contributed by atoms with E-state index in [0.717, 1.165) is 17.8 Å². The van der Waals surface area contributed by atoms with Crippen LogP contribution in [0, 0.1) is 5.82 Å². The summed E-state index contributed by atoms with van der Waals surface area (Å²) < 4.78 is 13.1. The third kappa shape index (κ3) is 2.93. The fourth-order valence-corrected chi connectivity index (χ4v) is 1.88. The van der Waals surface area contributed by atoms with Crippen LogP contribution in [0.4, 0.5) is 4.39 Å². The lowest BCUT2D eigenvalue weighted by Gasteiger charge is -2.25. The van der Waals surface area contributed by atoms with Crippen LogP contribution in [0.3, 0.4) is 0 Å². The first-order valence-electron chi connectivity index (χ1n) is 6.15. The van der Waals surface area contributed by atoms with Crippen LogP contribution in [-0.2, 0) is 0 Å². The van der Waals surface area contributed by atoms with Crippen molar-refractivity contribution in [3.63, 3.8) is 0 Å². The van der Waals surface area contributed by atoms with Crippen LogP contribution < -0.4 is 0 Å². The summed E-state index contributed by atoms with van der Waals surface area (Å²) in [5, 5.41) is 9.26. The molecule has 1 heterocycles. The minimum absolute atomic E-state index is 0.171. The van der Waals surface area contributed by atoms with Crippen molar-refractivity contribution < 1.29 is 14.3 Å². The lowest BCUT2D eigenvalue weighted by Crippen LogP contribution is -2.29. The molecule has 0 bridgehead atoms. The van der Waals surface area contributed by atoms with Crippen molar-refractivity contribution in [1.82, 2.24) is 9.88 Å². The highest BCUT2D eigenvalue weighted by Crippen LogP contribution is 2.22. The summed E-state index contributed by atoms with van der Waals surface area (Å²) in [7, 11) is 1.64. The van der Waals surface area contributed by atoms with Crippen LogP contribution in [-0.4, -0.2) is 27.9 Å². The molecule has 0 radical (unpaired) electrons. The molecule has 104 valence electrons. The summed E-state index contributed by atoms with van der Waals surface area (Å²) in [6, 6.07) is 7.57.